The Bertz CT molecular complexity index is 605. The molecule has 0 fully saturated rings. The van der Waals surface area contributed by atoms with Gasteiger partial charge in [-0.3, -0.25) is 4.79 Å². The van der Waals surface area contributed by atoms with Crippen molar-refractivity contribution in [2.75, 3.05) is 7.11 Å². The van der Waals surface area contributed by atoms with E-state index in [-0.39, 0.29) is 0 Å². The summed E-state index contributed by atoms with van der Waals surface area (Å²) in [6, 6.07) is 10.1. The van der Waals surface area contributed by atoms with E-state index in [0.717, 1.165) is 10.8 Å². The van der Waals surface area contributed by atoms with Gasteiger partial charge in [-0.1, -0.05) is 18.2 Å². The molecule has 0 saturated heterocycles. The van der Waals surface area contributed by atoms with Gasteiger partial charge in [-0.2, -0.15) is 0 Å². The fraction of sp³-hybridized carbons (Fsp3) is 0.0769. The molecule has 0 heterocycles. The number of carbonyl (C=O) groups excluding carboxylic acids is 2. The molecular weight excluding hydrogens is 240 g/mol. The monoisotopic (exact) mass is 248 g/mol. The zero-order chi connectivity index (χ0) is 12.4. The number of carbonyl (C=O) groups is 2. The molecule has 2 rings (SSSR count). The molecule has 86 valence electrons. The van der Waals surface area contributed by atoms with Gasteiger partial charge in [0.2, 0.25) is 0 Å². The minimum atomic E-state index is -0.518. The molecule has 0 N–H and O–H groups in total. The minimum Gasteiger partial charge on any atom is -0.465 e. The molecule has 0 spiro atoms. The van der Waals surface area contributed by atoms with Crippen LogP contribution in [0.2, 0.25) is 0 Å². The van der Waals surface area contributed by atoms with Crippen molar-refractivity contribution in [1.29, 1.82) is 0 Å². The Morgan fingerprint density at radius 3 is 2.59 bits per heavy atom. The van der Waals surface area contributed by atoms with Crippen molar-refractivity contribution in [2.24, 2.45) is 0 Å². The first-order valence-corrected chi connectivity index (χ1v) is 5.32. The highest BCUT2D eigenvalue weighted by Gasteiger charge is 2.11. The zero-order valence-electron chi connectivity index (χ0n) is 9.07. The van der Waals surface area contributed by atoms with Crippen LogP contribution in [-0.2, 0) is 4.74 Å². The Kier molecular flexibility index (Phi) is 3.11. The summed E-state index contributed by atoms with van der Waals surface area (Å²) in [5, 5.41) is 0.996. The molecule has 0 amide bonds. The van der Waals surface area contributed by atoms with Crippen LogP contribution in [0.15, 0.2) is 36.4 Å². The highest BCUT2D eigenvalue weighted by atomic mass is 35.5. The Morgan fingerprint density at radius 1 is 1.18 bits per heavy atom. The maximum atomic E-state index is 11.5. The van der Waals surface area contributed by atoms with E-state index in [4.69, 9.17) is 16.3 Å². The molecule has 0 radical (unpaired) electrons. The van der Waals surface area contributed by atoms with Crippen molar-refractivity contribution in [3.63, 3.8) is 0 Å². The van der Waals surface area contributed by atoms with Crippen LogP contribution in [0.5, 0.6) is 0 Å². The zero-order valence-corrected chi connectivity index (χ0v) is 9.82. The summed E-state index contributed by atoms with van der Waals surface area (Å²) < 4.78 is 4.69. The second kappa shape index (κ2) is 4.55. The third-order valence-corrected chi connectivity index (χ3v) is 2.73. The topological polar surface area (TPSA) is 43.4 Å². The summed E-state index contributed by atoms with van der Waals surface area (Å²) in [6.07, 6.45) is 0. The lowest BCUT2D eigenvalue weighted by Crippen LogP contribution is -2.02. The second-order valence-electron chi connectivity index (χ2n) is 3.51. The summed E-state index contributed by atoms with van der Waals surface area (Å²) in [7, 11) is 1.33. The molecule has 0 aliphatic rings. The number of hydrogen-bond donors (Lipinski definition) is 0. The van der Waals surface area contributed by atoms with E-state index in [0.29, 0.717) is 11.1 Å². The van der Waals surface area contributed by atoms with Crippen molar-refractivity contribution >= 4 is 33.6 Å². The van der Waals surface area contributed by atoms with Gasteiger partial charge in [0.25, 0.3) is 5.24 Å². The molecular formula is C13H9ClO3. The molecule has 2 aromatic rings. The van der Waals surface area contributed by atoms with Crippen molar-refractivity contribution < 1.29 is 14.3 Å². The van der Waals surface area contributed by atoms with E-state index in [2.05, 4.69) is 0 Å². The van der Waals surface area contributed by atoms with Gasteiger partial charge in [-0.05, 0) is 40.6 Å². The summed E-state index contributed by atoms with van der Waals surface area (Å²) in [5.74, 6) is -0.402. The van der Waals surface area contributed by atoms with Crippen LogP contribution in [0.25, 0.3) is 10.8 Å². The lowest BCUT2D eigenvalue weighted by Gasteiger charge is -2.05. The lowest BCUT2D eigenvalue weighted by atomic mass is 10.0. The van der Waals surface area contributed by atoms with Crippen LogP contribution in [0.1, 0.15) is 20.7 Å². The van der Waals surface area contributed by atoms with Gasteiger partial charge < -0.3 is 4.74 Å². The predicted molar refractivity (Wildman–Crippen MR) is 65.5 cm³/mol. The maximum Gasteiger partial charge on any atom is 0.338 e. The lowest BCUT2D eigenvalue weighted by molar-refractivity contribution is 0.0603. The molecule has 17 heavy (non-hydrogen) atoms. The van der Waals surface area contributed by atoms with E-state index >= 15 is 0 Å². The maximum absolute atomic E-state index is 11.5. The fourth-order valence-corrected chi connectivity index (χ4v) is 1.81. The molecule has 0 saturated carbocycles. The highest BCUT2D eigenvalue weighted by Crippen LogP contribution is 2.21. The predicted octanol–water partition coefficient (Wildman–Crippen LogP) is 3.01. The molecule has 0 unspecified atom stereocenters. The van der Waals surface area contributed by atoms with Crippen molar-refractivity contribution in [2.45, 2.75) is 0 Å². The second-order valence-corrected chi connectivity index (χ2v) is 3.85. The van der Waals surface area contributed by atoms with E-state index in [1.54, 1.807) is 30.3 Å². The Labute approximate surface area is 103 Å². The standard InChI is InChI=1S/C13H9ClO3/c1-17-13(16)11-4-2-3-8-7-9(12(14)15)5-6-10(8)11/h2-7H,1H3. The van der Waals surface area contributed by atoms with E-state index in [1.807, 2.05) is 6.07 Å². The quantitative estimate of drug-likeness (QED) is 0.606. The van der Waals surface area contributed by atoms with Gasteiger partial charge in [-0.25, -0.2) is 4.79 Å². The minimum absolute atomic E-state index is 0.402. The first-order chi connectivity index (χ1) is 8.13. The number of benzene rings is 2. The van der Waals surface area contributed by atoms with Gasteiger partial charge in [0, 0.05) is 5.56 Å². The third kappa shape index (κ3) is 2.15. The summed E-state index contributed by atoms with van der Waals surface area (Å²) >= 11 is 5.40. The van der Waals surface area contributed by atoms with Crippen LogP contribution in [0.4, 0.5) is 0 Å². The molecule has 0 aliphatic heterocycles. The fourth-order valence-electron chi connectivity index (χ4n) is 1.69. The number of methoxy groups -OCH3 is 1. The largest absolute Gasteiger partial charge is 0.465 e. The van der Waals surface area contributed by atoms with Crippen LogP contribution < -0.4 is 0 Å². The van der Waals surface area contributed by atoms with Crippen molar-refractivity contribution in [3.05, 3.63) is 47.5 Å². The number of ether oxygens (including phenoxy) is 1. The summed E-state index contributed by atoms with van der Waals surface area (Å²) in [6.45, 7) is 0. The van der Waals surface area contributed by atoms with Gasteiger partial charge in [0.05, 0.1) is 12.7 Å². The third-order valence-electron chi connectivity index (χ3n) is 2.51. The molecule has 0 aliphatic carbocycles. The molecule has 2 aromatic carbocycles. The van der Waals surface area contributed by atoms with Gasteiger partial charge >= 0.3 is 5.97 Å². The molecule has 0 atom stereocenters. The summed E-state index contributed by atoms with van der Waals surface area (Å²) in [5.41, 5.74) is 0.875. The number of hydrogen-bond acceptors (Lipinski definition) is 3. The van der Waals surface area contributed by atoms with Crippen LogP contribution in [0.3, 0.4) is 0 Å². The summed E-state index contributed by atoms with van der Waals surface area (Å²) in [4.78, 5) is 22.6. The van der Waals surface area contributed by atoms with Crippen LogP contribution >= 0.6 is 11.6 Å². The average Bonchev–Trinajstić information content (AvgIpc) is 2.36. The highest BCUT2D eigenvalue weighted by molar-refractivity contribution is 6.67. The number of halogens is 1. The van der Waals surface area contributed by atoms with E-state index in [1.165, 1.54) is 7.11 Å². The van der Waals surface area contributed by atoms with E-state index < -0.39 is 11.2 Å². The normalized spacial score (nSPS) is 10.2. The first-order valence-electron chi connectivity index (χ1n) is 4.94. The van der Waals surface area contributed by atoms with Crippen molar-refractivity contribution in [1.82, 2.24) is 0 Å². The molecule has 4 heteroatoms. The van der Waals surface area contributed by atoms with Crippen LogP contribution in [0, 0.1) is 0 Å². The smallest absolute Gasteiger partial charge is 0.338 e. The molecule has 0 bridgehead atoms. The number of fused-ring (bicyclic) bond motifs is 1. The number of esters is 1. The van der Waals surface area contributed by atoms with Gasteiger partial charge in [-0.15, -0.1) is 0 Å². The van der Waals surface area contributed by atoms with Crippen LogP contribution in [-0.4, -0.2) is 18.3 Å². The Balaban J connectivity index is 2.67. The Morgan fingerprint density at radius 2 is 1.94 bits per heavy atom. The van der Waals surface area contributed by atoms with Gasteiger partial charge in [0.1, 0.15) is 0 Å². The number of rotatable bonds is 2. The first kappa shape index (κ1) is 11.6. The van der Waals surface area contributed by atoms with Gasteiger partial charge in [0.15, 0.2) is 0 Å². The SMILES string of the molecule is COC(=O)c1cccc2cc(C(=O)Cl)ccc12. The van der Waals surface area contributed by atoms with Crippen molar-refractivity contribution in [3.8, 4) is 0 Å². The molecule has 3 nitrogen and oxygen atoms in total. The Hall–Kier alpha value is -1.87. The van der Waals surface area contributed by atoms with E-state index in [9.17, 15) is 9.59 Å². The average molecular weight is 249 g/mol. The molecule has 0 aromatic heterocycles.